The highest BCUT2D eigenvalue weighted by molar-refractivity contribution is 5.99. The lowest BCUT2D eigenvalue weighted by Gasteiger charge is -2.15. The summed E-state index contributed by atoms with van der Waals surface area (Å²) in [6.45, 7) is 9.34. The average Bonchev–Trinajstić information content (AvgIpc) is 2.97. The highest BCUT2D eigenvalue weighted by Crippen LogP contribution is 2.26. The molecule has 2 rings (SSSR count). The van der Waals surface area contributed by atoms with Gasteiger partial charge < -0.3 is 10.1 Å². The summed E-state index contributed by atoms with van der Waals surface area (Å²) in [4.78, 5) is 11.9. The topological polar surface area (TPSA) is 79.0 Å². The maximum atomic E-state index is 11.9. The molecule has 2 amide bonds. The number of H-pyrrole nitrogens is 1. The molecular formula is C20H32N4O2. The summed E-state index contributed by atoms with van der Waals surface area (Å²) in [5.41, 5.74) is 0.848. The third kappa shape index (κ3) is 6.24. The Morgan fingerprint density at radius 2 is 2.04 bits per heavy atom. The van der Waals surface area contributed by atoms with Gasteiger partial charge in [0, 0.05) is 18.0 Å². The van der Waals surface area contributed by atoms with E-state index < -0.39 is 0 Å². The number of unbranched alkanes of at least 4 members (excludes halogenated alkanes) is 1. The fourth-order valence-electron chi connectivity index (χ4n) is 2.80. The molecule has 1 heterocycles. The molecule has 26 heavy (non-hydrogen) atoms. The van der Waals surface area contributed by atoms with Crippen molar-refractivity contribution in [1.82, 2.24) is 15.5 Å². The molecule has 2 aromatic rings. The molecule has 0 aliphatic carbocycles. The maximum Gasteiger partial charge on any atom is 0.320 e. The summed E-state index contributed by atoms with van der Waals surface area (Å²) in [5.74, 6) is 2.08. The third-order valence-corrected chi connectivity index (χ3v) is 4.31. The summed E-state index contributed by atoms with van der Waals surface area (Å²) in [6.07, 6.45) is 5.63. The van der Waals surface area contributed by atoms with Crippen molar-refractivity contribution in [2.75, 3.05) is 11.9 Å². The fourth-order valence-corrected chi connectivity index (χ4v) is 2.80. The monoisotopic (exact) mass is 360 g/mol. The van der Waals surface area contributed by atoms with Crippen LogP contribution in [0.25, 0.3) is 10.9 Å². The van der Waals surface area contributed by atoms with Crippen LogP contribution in [0.1, 0.15) is 59.8 Å². The molecular weight excluding hydrogens is 328 g/mol. The predicted octanol–water partition coefficient (Wildman–Crippen LogP) is 5.08. The minimum absolute atomic E-state index is 0.177. The van der Waals surface area contributed by atoms with Gasteiger partial charge in [-0.3, -0.25) is 10.4 Å². The van der Waals surface area contributed by atoms with Crippen LogP contribution < -0.4 is 15.4 Å². The van der Waals surface area contributed by atoms with Crippen LogP contribution in [0, 0.1) is 5.92 Å². The molecule has 1 aromatic heterocycles. The molecule has 1 atom stereocenters. The Morgan fingerprint density at radius 3 is 2.77 bits per heavy atom. The molecule has 0 fully saturated rings. The fraction of sp³-hybridized carbons (Fsp3) is 0.600. The predicted molar refractivity (Wildman–Crippen MR) is 107 cm³/mol. The van der Waals surface area contributed by atoms with E-state index in [4.69, 9.17) is 4.74 Å². The zero-order valence-corrected chi connectivity index (χ0v) is 16.4. The average molecular weight is 361 g/mol. The van der Waals surface area contributed by atoms with Crippen molar-refractivity contribution < 1.29 is 9.53 Å². The number of nitrogens with one attached hydrogen (secondary N) is 3. The van der Waals surface area contributed by atoms with Crippen LogP contribution in [0.5, 0.6) is 5.75 Å². The number of fused-ring (bicyclic) bond motifs is 1. The molecule has 0 saturated carbocycles. The standard InChI is InChI=1S/C20H32N4O2/c1-5-6-12-21-20(25)22-19-17-11-10-16(13-18(17)23-24-19)26-15(4)9-7-8-14(2)3/h10-11,13-15H,5-9,12H2,1-4H3,(H3,21,22,23,24,25). The number of aromatic amines is 1. The van der Waals surface area contributed by atoms with Crippen molar-refractivity contribution in [3.63, 3.8) is 0 Å². The highest BCUT2D eigenvalue weighted by Gasteiger charge is 2.11. The number of carbonyl (C=O) groups excluding carboxylic acids is 1. The molecule has 3 N–H and O–H groups in total. The van der Waals surface area contributed by atoms with Crippen LogP contribution in [0.4, 0.5) is 10.6 Å². The summed E-state index contributed by atoms with van der Waals surface area (Å²) in [7, 11) is 0. The first-order chi connectivity index (χ1) is 12.5. The number of rotatable bonds is 10. The van der Waals surface area contributed by atoms with E-state index in [-0.39, 0.29) is 12.1 Å². The first-order valence-electron chi connectivity index (χ1n) is 9.69. The zero-order chi connectivity index (χ0) is 18.9. The Kier molecular flexibility index (Phi) is 7.75. The van der Waals surface area contributed by atoms with Gasteiger partial charge in [-0.1, -0.05) is 33.6 Å². The minimum atomic E-state index is -0.231. The van der Waals surface area contributed by atoms with E-state index in [2.05, 4.69) is 48.5 Å². The lowest BCUT2D eigenvalue weighted by atomic mass is 10.0. The Morgan fingerprint density at radius 1 is 1.23 bits per heavy atom. The lowest BCUT2D eigenvalue weighted by Crippen LogP contribution is -2.29. The number of carbonyl (C=O) groups is 1. The van der Waals surface area contributed by atoms with Crippen LogP contribution in [-0.4, -0.2) is 28.9 Å². The molecule has 0 saturated heterocycles. The Balaban J connectivity index is 1.92. The highest BCUT2D eigenvalue weighted by atomic mass is 16.5. The van der Waals surface area contributed by atoms with Gasteiger partial charge in [0.05, 0.1) is 11.6 Å². The van der Waals surface area contributed by atoms with Gasteiger partial charge in [0.1, 0.15) is 5.75 Å². The van der Waals surface area contributed by atoms with E-state index in [9.17, 15) is 4.79 Å². The smallest absolute Gasteiger partial charge is 0.320 e. The number of hydrogen-bond acceptors (Lipinski definition) is 3. The van der Waals surface area contributed by atoms with E-state index in [1.54, 1.807) is 0 Å². The second-order valence-electron chi connectivity index (χ2n) is 7.27. The van der Waals surface area contributed by atoms with E-state index in [1.807, 2.05) is 18.2 Å². The molecule has 0 spiro atoms. The number of benzene rings is 1. The number of nitrogens with zero attached hydrogens (tertiary/aromatic N) is 1. The van der Waals surface area contributed by atoms with Gasteiger partial charge in [0.15, 0.2) is 5.82 Å². The molecule has 0 aliphatic heterocycles. The van der Waals surface area contributed by atoms with E-state index in [0.29, 0.717) is 12.4 Å². The summed E-state index contributed by atoms with van der Waals surface area (Å²) < 4.78 is 6.01. The molecule has 1 aromatic carbocycles. The number of hydrogen-bond donors (Lipinski definition) is 3. The number of ether oxygens (including phenoxy) is 1. The summed E-state index contributed by atoms with van der Waals surface area (Å²) >= 11 is 0. The van der Waals surface area contributed by atoms with Gasteiger partial charge in [0.25, 0.3) is 0 Å². The lowest BCUT2D eigenvalue weighted by molar-refractivity contribution is 0.205. The number of anilines is 1. The van der Waals surface area contributed by atoms with Crippen LogP contribution in [0.3, 0.4) is 0 Å². The largest absolute Gasteiger partial charge is 0.491 e. The minimum Gasteiger partial charge on any atom is -0.491 e. The Labute approximate surface area is 156 Å². The van der Waals surface area contributed by atoms with Crippen molar-refractivity contribution in [1.29, 1.82) is 0 Å². The molecule has 6 heteroatoms. The van der Waals surface area contributed by atoms with E-state index in [0.717, 1.165) is 41.8 Å². The van der Waals surface area contributed by atoms with Crippen molar-refractivity contribution in [2.24, 2.45) is 5.92 Å². The molecule has 1 unspecified atom stereocenters. The van der Waals surface area contributed by atoms with Gasteiger partial charge >= 0.3 is 6.03 Å². The molecule has 0 bridgehead atoms. The number of amides is 2. The second-order valence-corrected chi connectivity index (χ2v) is 7.27. The molecule has 0 radical (unpaired) electrons. The molecule has 0 aliphatic rings. The van der Waals surface area contributed by atoms with Crippen LogP contribution in [0.15, 0.2) is 18.2 Å². The number of aromatic nitrogens is 2. The van der Waals surface area contributed by atoms with Crippen molar-refractivity contribution in [3.05, 3.63) is 18.2 Å². The zero-order valence-electron chi connectivity index (χ0n) is 16.4. The van der Waals surface area contributed by atoms with Crippen molar-refractivity contribution in [3.8, 4) is 5.75 Å². The van der Waals surface area contributed by atoms with E-state index >= 15 is 0 Å². The second kappa shape index (κ2) is 10.0. The van der Waals surface area contributed by atoms with Crippen LogP contribution in [0.2, 0.25) is 0 Å². The first kappa shape index (κ1) is 20.1. The third-order valence-electron chi connectivity index (χ3n) is 4.31. The Hall–Kier alpha value is -2.24. The van der Waals surface area contributed by atoms with Crippen LogP contribution >= 0.6 is 0 Å². The molecule has 6 nitrogen and oxygen atoms in total. The van der Waals surface area contributed by atoms with Gasteiger partial charge in [-0.15, -0.1) is 0 Å². The SMILES string of the molecule is CCCCNC(=O)Nc1n[nH]c2cc(OC(C)CCCC(C)C)ccc12. The van der Waals surface area contributed by atoms with Gasteiger partial charge in [-0.25, -0.2) is 4.79 Å². The summed E-state index contributed by atoms with van der Waals surface area (Å²) in [6, 6.07) is 5.56. The quantitative estimate of drug-likeness (QED) is 0.517. The molecule has 144 valence electrons. The van der Waals surface area contributed by atoms with Crippen molar-refractivity contribution in [2.45, 2.75) is 65.9 Å². The van der Waals surface area contributed by atoms with Gasteiger partial charge in [0.2, 0.25) is 0 Å². The Bertz CT molecular complexity index is 696. The first-order valence-corrected chi connectivity index (χ1v) is 9.69. The summed E-state index contributed by atoms with van der Waals surface area (Å²) in [5, 5.41) is 13.6. The maximum absolute atomic E-state index is 11.9. The van der Waals surface area contributed by atoms with Crippen LogP contribution in [-0.2, 0) is 0 Å². The number of urea groups is 1. The van der Waals surface area contributed by atoms with Gasteiger partial charge in [-0.05, 0) is 44.2 Å². The van der Waals surface area contributed by atoms with Crippen molar-refractivity contribution >= 4 is 22.8 Å². The van der Waals surface area contributed by atoms with E-state index in [1.165, 1.54) is 12.8 Å². The van der Waals surface area contributed by atoms with Gasteiger partial charge in [-0.2, -0.15) is 5.10 Å². The normalized spacial score (nSPS) is 12.3.